The second kappa shape index (κ2) is 7.23. The number of benzene rings is 1. The van der Waals surface area contributed by atoms with E-state index >= 15 is 0 Å². The molecule has 0 aliphatic heterocycles. The fourth-order valence-electron chi connectivity index (χ4n) is 1.69. The van der Waals surface area contributed by atoms with Gasteiger partial charge in [0.25, 0.3) is 5.91 Å². The molecule has 5 nitrogen and oxygen atoms in total. The molecular formula is C14H15ClN2O3S2. The van der Waals surface area contributed by atoms with Gasteiger partial charge in [-0.05, 0) is 31.2 Å². The van der Waals surface area contributed by atoms with Crippen molar-refractivity contribution in [1.29, 1.82) is 0 Å². The number of halogens is 1. The number of nitrogens with one attached hydrogen (secondary N) is 2. The highest BCUT2D eigenvalue weighted by Crippen LogP contribution is 2.20. The van der Waals surface area contributed by atoms with Crippen molar-refractivity contribution in [2.45, 2.75) is 11.8 Å². The van der Waals surface area contributed by atoms with Gasteiger partial charge in [-0.1, -0.05) is 29.3 Å². The normalized spacial score (nSPS) is 11.4. The van der Waals surface area contributed by atoms with E-state index in [0.29, 0.717) is 9.21 Å². The summed E-state index contributed by atoms with van der Waals surface area (Å²) in [5.41, 5.74) is 0.987. The molecule has 1 aromatic heterocycles. The van der Waals surface area contributed by atoms with Gasteiger partial charge in [-0.2, -0.15) is 0 Å². The molecule has 8 heteroatoms. The Morgan fingerprint density at radius 2 is 1.82 bits per heavy atom. The highest BCUT2D eigenvalue weighted by Gasteiger charge is 2.13. The van der Waals surface area contributed by atoms with E-state index in [1.807, 2.05) is 6.92 Å². The smallest absolute Gasteiger partial charge is 0.261 e. The Kier molecular flexibility index (Phi) is 5.57. The lowest BCUT2D eigenvalue weighted by atomic mass is 10.2. The van der Waals surface area contributed by atoms with E-state index in [0.717, 1.165) is 5.56 Å². The summed E-state index contributed by atoms with van der Waals surface area (Å²) in [7, 11) is -3.56. The minimum Gasteiger partial charge on any atom is -0.350 e. The van der Waals surface area contributed by atoms with Gasteiger partial charge in [0.1, 0.15) is 0 Å². The molecule has 2 N–H and O–H groups in total. The average molecular weight is 359 g/mol. The molecule has 0 radical (unpaired) electrons. The van der Waals surface area contributed by atoms with Crippen LogP contribution < -0.4 is 10.0 Å². The Morgan fingerprint density at radius 1 is 1.14 bits per heavy atom. The summed E-state index contributed by atoms with van der Waals surface area (Å²) in [6, 6.07) is 9.82. The Bertz CT molecular complexity index is 755. The van der Waals surface area contributed by atoms with Crippen LogP contribution in [-0.4, -0.2) is 27.4 Å². The van der Waals surface area contributed by atoms with Crippen molar-refractivity contribution in [3.63, 3.8) is 0 Å². The van der Waals surface area contributed by atoms with E-state index in [1.54, 1.807) is 36.4 Å². The molecule has 0 bridgehead atoms. The summed E-state index contributed by atoms with van der Waals surface area (Å²) >= 11 is 6.92. The lowest BCUT2D eigenvalue weighted by Crippen LogP contribution is -2.34. The van der Waals surface area contributed by atoms with Gasteiger partial charge in [0, 0.05) is 13.1 Å². The number of carbonyl (C=O) groups excluding carboxylic acids is 1. The number of rotatable bonds is 6. The molecule has 0 unspecified atom stereocenters. The van der Waals surface area contributed by atoms with E-state index in [-0.39, 0.29) is 23.9 Å². The monoisotopic (exact) mass is 358 g/mol. The van der Waals surface area contributed by atoms with Crippen LogP contribution in [0.15, 0.2) is 41.3 Å². The van der Waals surface area contributed by atoms with Crippen LogP contribution in [0.2, 0.25) is 4.34 Å². The first-order valence-electron chi connectivity index (χ1n) is 6.48. The van der Waals surface area contributed by atoms with Gasteiger partial charge in [0.05, 0.1) is 14.1 Å². The highest BCUT2D eigenvalue weighted by atomic mass is 35.5. The Balaban J connectivity index is 1.83. The second-order valence-corrected chi connectivity index (χ2v) is 8.05. The quantitative estimate of drug-likeness (QED) is 0.779. The third-order valence-electron chi connectivity index (χ3n) is 2.83. The molecule has 2 rings (SSSR count). The van der Waals surface area contributed by atoms with Crippen LogP contribution in [0.1, 0.15) is 15.2 Å². The summed E-state index contributed by atoms with van der Waals surface area (Å²) in [6.07, 6.45) is 0. The number of aryl methyl sites for hydroxylation is 1. The molecule has 0 fully saturated rings. The molecule has 1 heterocycles. The summed E-state index contributed by atoms with van der Waals surface area (Å²) in [5.74, 6) is -0.272. The molecule has 0 spiro atoms. The van der Waals surface area contributed by atoms with Crippen LogP contribution in [0.4, 0.5) is 0 Å². The van der Waals surface area contributed by atoms with Gasteiger partial charge < -0.3 is 5.32 Å². The van der Waals surface area contributed by atoms with Crippen molar-refractivity contribution in [1.82, 2.24) is 10.0 Å². The Labute approximate surface area is 138 Å². The van der Waals surface area contributed by atoms with E-state index in [4.69, 9.17) is 11.6 Å². The minimum atomic E-state index is -3.56. The molecule has 1 aromatic carbocycles. The molecule has 0 aliphatic rings. The van der Waals surface area contributed by atoms with Crippen molar-refractivity contribution in [2.75, 3.05) is 13.1 Å². The third-order valence-corrected chi connectivity index (χ3v) is 5.54. The standard InChI is InChI=1S/C14H15ClN2O3S2/c1-10-2-4-11(5-3-10)22(19,20)17-9-8-16-14(18)12-6-7-13(15)21-12/h2-7,17H,8-9H2,1H3,(H,16,18). The zero-order valence-corrected chi connectivity index (χ0v) is 14.2. The molecule has 22 heavy (non-hydrogen) atoms. The number of hydrogen-bond acceptors (Lipinski definition) is 4. The van der Waals surface area contributed by atoms with E-state index in [1.165, 1.54) is 11.3 Å². The maximum Gasteiger partial charge on any atom is 0.261 e. The summed E-state index contributed by atoms with van der Waals surface area (Å²) in [4.78, 5) is 12.4. The van der Waals surface area contributed by atoms with Crippen LogP contribution in [0, 0.1) is 6.92 Å². The van der Waals surface area contributed by atoms with Gasteiger partial charge in [-0.3, -0.25) is 4.79 Å². The molecule has 1 amide bonds. The number of sulfonamides is 1. The lowest BCUT2D eigenvalue weighted by molar-refractivity contribution is 0.0958. The lowest BCUT2D eigenvalue weighted by Gasteiger charge is -2.07. The van der Waals surface area contributed by atoms with Crippen LogP contribution in [0.3, 0.4) is 0 Å². The fraction of sp³-hybridized carbons (Fsp3) is 0.214. The summed E-state index contributed by atoms with van der Waals surface area (Å²) in [5, 5.41) is 2.63. The summed E-state index contributed by atoms with van der Waals surface area (Å²) < 4.78 is 27.0. The third kappa shape index (κ3) is 4.54. The molecule has 0 saturated heterocycles. The van der Waals surface area contributed by atoms with Gasteiger partial charge in [-0.25, -0.2) is 13.1 Å². The van der Waals surface area contributed by atoms with Crippen LogP contribution in [-0.2, 0) is 10.0 Å². The average Bonchev–Trinajstić information content (AvgIpc) is 2.90. The first-order chi connectivity index (χ1) is 10.4. The van der Waals surface area contributed by atoms with Gasteiger partial charge >= 0.3 is 0 Å². The summed E-state index contributed by atoms with van der Waals surface area (Å²) in [6.45, 7) is 2.19. The van der Waals surface area contributed by atoms with Gasteiger partial charge in [0.15, 0.2) is 0 Å². The fourth-order valence-corrected chi connectivity index (χ4v) is 3.68. The second-order valence-electron chi connectivity index (χ2n) is 4.57. The molecule has 0 aliphatic carbocycles. The van der Waals surface area contributed by atoms with Gasteiger partial charge in [-0.15, -0.1) is 11.3 Å². The molecule has 0 saturated carbocycles. The Morgan fingerprint density at radius 3 is 2.41 bits per heavy atom. The Hall–Kier alpha value is -1.41. The number of hydrogen-bond donors (Lipinski definition) is 2. The maximum atomic E-state index is 12.0. The van der Waals surface area contributed by atoms with E-state index in [9.17, 15) is 13.2 Å². The van der Waals surface area contributed by atoms with Crippen molar-refractivity contribution in [3.8, 4) is 0 Å². The van der Waals surface area contributed by atoms with Crippen LogP contribution in [0.5, 0.6) is 0 Å². The van der Waals surface area contributed by atoms with Crippen molar-refractivity contribution >= 4 is 38.9 Å². The number of carbonyl (C=O) groups is 1. The number of thiophene rings is 1. The predicted molar refractivity (Wildman–Crippen MR) is 88.0 cm³/mol. The minimum absolute atomic E-state index is 0.112. The predicted octanol–water partition coefficient (Wildman–Crippen LogP) is 2.42. The van der Waals surface area contributed by atoms with Gasteiger partial charge in [0.2, 0.25) is 10.0 Å². The van der Waals surface area contributed by atoms with Crippen LogP contribution >= 0.6 is 22.9 Å². The zero-order valence-electron chi connectivity index (χ0n) is 11.8. The van der Waals surface area contributed by atoms with Crippen molar-refractivity contribution in [3.05, 3.63) is 51.2 Å². The largest absolute Gasteiger partial charge is 0.350 e. The molecular weight excluding hydrogens is 344 g/mol. The first-order valence-corrected chi connectivity index (χ1v) is 9.16. The van der Waals surface area contributed by atoms with E-state index in [2.05, 4.69) is 10.0 Å². The van der Waals surface area contributed by atoms with Crippen LogP contribution in [0.25, 0.3) is 0 Å². The maximum absolute atomic E-state index is 12.0. The first kappa shape index (κ1) is 17.0. The number of amides is 1. The molecule has 118 valence electrons. The highest BCUT2D eigenvalue weighted by molar-refractivity contribution is 7.89. The molecule has 2 aromatic rings. The zero-order chi connectivity index (χ0) is 16.2. The molecule has 0 atom stereocenters. The topological polar surface area (TPSA) is 75.3 Å². The van der Waals surface area contributed by atoms with Crippen molar-refractivity contribution < 1.29 is 13.2 Å². The van der Waals surface area contributed by atoms with E-state index < -0.39 is 10.0 Å². The van der Waals surface area contributed by atoms with Crippen molar-refractivity contribution in [2.24, 2.45) is 0 Å². The SMILES string of the molecule is Cc1ccc(S(=O)(=O)NCCNC(=O)c2ccc(Cl)s2)cc1.